The third-order valence-corrected chi connectivity index (χ3v) is 4.10. The molecule has 0 aliphatic carbocycles. The van der Waals surface area contributed by atoms with Crippen LogP contribution in [0.4, 0.5) is 0 Å². The van der Waals surface area contributed by atoms with Crippen molar-refractivity contribution in [2.24, 2.45) is 0 Å². The summed E-state index contributed by atoms with van der Waals surface area (Å²) in [6.45, 7) is 2.10. The summed E-state index contributed by atoms with van der Waals surface area (Å²) in [5.41, 5.74) is 0.729. The Bertz CT molecular complexity index is 632. The van der Waals surface area contributed by atoms with Gasteiger partial charge in [0.05, 0.1) is 17.8 Å². The van der Waals surface area contributed by atoms with Crippen molar-refractivity contribution in [3.05, 3.63) is 40.7 Å². The highest BCUT2D eigenvalue weighted by atomic mass is 32.2. The Kier molecular flexibility index (Phi) is 5.97. The molecule has 7 heteroatoms. The molecule has 0 unspecified atom stereocenters. The van der Waals surface area contributed by atoms with Gasteiger partial charge in [-0.1, -0.05) is 30.1 Å². The molecule has 116 valence electrons. The molecule has 1 fully saturated rings. The van der Waals surface area contributed by atoms with Crippen LogP contribution in [0.15, 0.2) is 39.4 Å². The Hall–Kier alpha value is -1.86. The normalized spacial score (nSPS) is 17.0. The zero-order valence-corrected chi connectivity index (χ0v) is 13.6. The molecule has 5 nitrogen and oxygen atoms in total. The van der Waals surface area contributed by atoms with Gasteiger partial charge in [0.1, 0.15) is 10.1 Å². The summed E-state index contributed by atoms with van der Waals surface area (Å²) in [6, 6.07) is 3.58. The van der Waals surface area contributed by atoms with Gasteiger partial charge in [-0.25, -0.2) is 0 Å². The first-order valence-corrected chi connectivity index (χ1v) is 7.96. The summed E-state index contributed by atoms with van der Waals surface area (Å²) in [5, 5.41) is 2.58. The van der Waals surface area contributed by atoms with Crippen LogP contribution in [0.25, 0.3) is 6.08 Å². The van der Waals surface area contributed by atoms with Crippen LogP contribution in [0, 0.1) is 0 Å². The van der Waals surface area contributed by atoms with E-state index in [0.717, 1.165) is 5.57 Å². The number of thiocarbonyl (C=S) groups is 1. The average molecular weight is 337 g/mol. The zero-order chi connectivity index (χ0) is 15.9. The number of nitrogens with one attached hydrogen (secondary N) is 1. The molecule has 1 aliphatic heterocycles. The molecule has 1 N–H and O–H groups in total. The fraction of sp³-hybridized carbons (Fsp3) is 0.267. The van der Waals surface area contributed by atoms with Gasteiger partial charge in [0.25, 0.3) is 5.91 Å². The lowest BCUT2D eigenvalue weighted by Gasteiger charge is -2.05. The zero-order valence-electron chi connectivity index (χ0n) is 12.0. The van der Waals surface area contributed by atoms with E-state index in [1.165, 1.54) is 11.8 Å². The summed E-state index contributed by atoms with van der Waals surface area (Å²) in [4.78, 5) is 23.9. The van der Waals surface area contributed by atoms with Crippen molar-refractivity contribution in [3.8, 4) is 0 Å². The molecule has 22 heavy (non-hydrogen) atoms. The number of esters is 1. The smallest absolute Gasteiger partial charge is 0.306 e. The summed E-state index contributed by atoms with van der Waals surface area (Å²) in [7, 11) is 0. The average Bonchev–Trinajstić information content (AvgIpc) is 3.09. The van der Waals surface area contributed by atoms with Crippen LogP contribution in [-0.2, 0) is 14.3 Å². The number of allylic oxidation sites excluding steroid dienone is 2. The first kappa shape index (κ1) is 16.5. The predicted octanol–water partition coefficient (Wildman–Crippen LogP) is 3.04. The lowest BCUT2D eigenvalue weighted by Crippen LogP contribution is -2.18. The van der Waals surface area contributed by atoms with Crippen molar-refractivity contribution < 1.29 is 18.7 Å². The highest BCUT2D eigenvalue weighted by Crippen LogP contribution is 2.30. The number of furan rings is 1. The third-order valence-electron chi connectivity index (χ3n) is 2.80. The molecule has 1 aromatic rings. The molecule has 2 heterocycles. The second-order valence-corrected chi connectivity index (χ2v) is 6.04. The van der Waals surface area contributed by atoms with E-state index in [1.54, 1.807) is 37.5 Å². The minimum atomic E-state index is -0.294. The second-order valence-electron chi connectivity index (χ2n) is 4.35. The van der Waals surface area contributed by atoms with Crippen molar-refractivity contribution in [2.75, 3.05) is 6.61 Å². The number of carbonyl (C=O) groups is 2. The maximum atomic E-state index is 11.9. The summed E-state index contributed by atoms with van der Waals surface area (Å²) in [5.74, 6) is 0.135. The fourth-order valence-corrected chi connectivity index (χ4v) is 2.95. The Morgan fingerprint density at radius 2 is 2.32 bits per heavy atom. The van der Waals surface area contributed by atoms with Crippen molar-refractivity contribution >= 4 is 46.3 Å². The lowest BCUT2D eigenvalue weighted by molar-refractivity contribution is -0.143. The number of hydrogen-bond acceptors (Lipinski definition) is 6. The second kappa shape index (κ2) is 7.95. The SMILES string of the molecule is CCOC(=O)CCC(C=Cc1ccco1)=C1SC(=S)NC1=O. The highest BCUT2D eigenvalue weighted by Gasteiger charge is 2.25. The number of ether oxygens (including phenoxy) is 1. The fourth-order valence-electron chi connectivity index (χ4n) is 1.84. The molecule has 1 aliphatic rings. The van der Waals surface area contributed by atoms with Crippen LogP contribution >= 0.6 is 24.0 Å². The molecule has 0 spiro atoms. The van der Waals surface area contributed by atoms with Gasteiger partial charge in [0.2, 0.25) is 0 Å². The summed E-state index contributed by atoms with van der Waals surface area (Å²) < 4.78 is 10.6. The molecule has 1 saturated heterocycles. The van der Waals surface area contributed by atoms with Gasteiger partial charge in [-0.05, 0) is 37.1 Å². The van der Waals surface area contributed by atoms with Gasteiger partial charge in [-0.2, -0.15) is 0 Å². The monoisotopic (exact) mass is 337 g/mol. The van der Waals surface area contributed by atoms with Crippen molar-refractivity contribution in [2.45, 2.75) is 19.8 Å². The summed E-state index contributed by atoms with van der Waals surface area (Å²) >= 11 is 6.20. The van der Waals surface area contributed by atoms with Crippen molar-refractivity contribution in [1.29, 1.82) is 0 Å². The molecule has 0 radical (unpaired) electrons. The number of rotatable bonds is 6. The van der Waals surface area contributed by atoms with Crippen LogP contribution in [-0.4, -0.2) is 22.8 Å². The number of thioether (sulfide) groups is 1. The molecular formula is C15H15NO4S2. The minimum Gasteiger partial charge on any atom is -0.466 e. The molecular weight excluding hydrogens is 322 g/mol. The maximum absolute atomic E-state index is 11.9. The van der Waals surface area contributed by atoms with Gasteiger partial charge >= 0.3 is 5.97 Å². The van der Waals surface area contributed by atoms with Gasteiger partial charge in [-0.3, -0.25) is 9.59 Å². The van der Waals surface area contributed by atoms with E-state index in [4.69, 9.17) is 21.4 Å². The Morgan fingerprint density at radius 3 is 2.91 bits per heavy atom. The standard InChI is InChI=1S/C15H15NO4S2/c1-2-19-12(17)8-6-10(5-7-11-4-3-9-20-11)13-14(18)16-15(21)22-13/h3-5,7,9H,2,6,8H2,1H3,(H,16,18,21). The molecule has 1 aromatic heterocycles. The number of carbonyl (C=O) groups excluding carboxylic acids is 2. The molecule has 0 bridgehead atoms. The molecule has 0 saturated carbocycles. The van der Waals surface area contributed by atoms with Crippen LogP contribution in [0.5, 0.6) is 0 Å². The minimum absolute atomic E-state index is 0.204. The largest absolute Gasteiger partial charge is 0.466 e. The van der Waals surface area contributed by atoms with E-state index in [-0.39, 0.29) is 18.3 Å². The first-order chi connectivity index (χ1) is 10.6. The van der Waals surface area contributed by atoms with E-state index in [9.17, 15) is 9.59 Å². The van der Waals surface area contributed by atoms with E-state index < -0.39 is 0 Å². The summed E-state index contributed by atoms with van der Waals surface area (Å²) in [6.07, 6.45) is 5.69. The van der Waals surface area contributed by atoms with Gasteiger partial charge in [0.15, 0.2) is 0 Å². The number of amides is 1. The first-order valence-electron chi connectivity index (χ1n) is 6.73. The van der Waals surface area contributed by atoms with Gasteiger partial charge in [-0.15, -0.1) is 0 Å². The highest BCUT2D eigenvalue weighted by molar-refractivity contribution is 8.26. The van der Waals surface area contributed by atoms with Crippen molar-refractivity contribution in [3.63, 3.8) is 0 Å². The quantitative estimate of drug-likeness (QED) is 0.489. The molecule has 0 aromatic carbocycles. The van der Waals surface area contributed by atoms with Gasteiger partial charge < -0.3 is 14.5 Å². The van der Waals surface area contributed by atoms with E-state index >= 15 is 0 Å². The van der Waals surface area contributed by atoms with E-state index in [2.05, 4.69) is 5.32 Å². The van der Waals surface area contributed by atoms with Crippen LogP contribution in [0.3, 0.4) is 0 Å². The van der Waals surface area contributed by atoms with E-state index in [1.807, 2.05) is 0 Å². The Balaban J connectivity index is 2.17. The van der Waals surface area contributed by atoms with Crippen LogP contribution in [0.2, 0.25) is 0 Å². The maximum Gasteiger partial charge on any atom is 0.306 e. The number of hydrogen-bond donors (Lipinski definition) is 1. The van der Waals surface area contributed by atoms with Crippen LogP contribution in [0.1, 0.15) is 25.5 Å². The van der Waals surface area contributed by atoms with Gasteiger partial charge in [0, 0.05) is 6.42 Å². The van der Waals surface area contributed by atoms with E-state index in [0.29, 0.717) is 28.0 Å². The molecule has 1 amide bonds. The topological polar surface area (TPSA) is 68.5 Å². The molecule has 0 atom stereocenters. The van der Waals surface area contributed by atoms with Crippen LogP contribution < -0.4 is 5.32 Å². The van der Waals surface area contributed by atoms with Crippen molar-refractivity contribution in [1.82, 2.24) is 5.32 Å². The Morgan fingerprint density at radius 1 is 1.50 bits per heavy atom. The third kappa shape index (κ3) is 4.57. The molecule has 2 rings (SSSR count). The lowest BCUT2D eigenvalue weighted by atomic mass is 10.1. The Labute approximate surface area is 137 Å². The predicted molar refractivity (Wildman–Crippen MR) is 89.0 cm³/mol.